The number of rotatable bonds is 8. The maximum absolute atomic E-state index is 12.3. The van der Waals surface area contributed by atoms with Crippen molar-refractivity contribution in [1.29, 1.82) is 0 Å². The van der Waals surface area contributed by atoms with Crippen molar-refractivity contribution >= 4 is 34.9 Å². The Labute approximate surface area is 176 Å². The molecule has 29 heavy (non-hydrogen) atoms. The summed E-state index contributed by atoms with van der Waals surface area (Å²) in [6, 6.07) is 13.5. The third kappa shape index (κ3) is 7.54. The number of thiocarbonyl (C=S) groups is 1. The largest absolute Gasteiger partial charge is 0.493 e. The van der Waals surface area contributed by atoms with Gasteiger partial charge in [-0.05, 0) is 73.1 Å². The van der Waals surface area contributed by atoms with Crippen LogP contribution in [0.25, 0.3) is 0 Å². The molecule has 0 bridgehead atoms. The minimum atomic E-state index is -0.366. The number of esters is 1. The van der Waals surface area contributed by atoms with Crippen LogP contribution in [0.4, 0.5) is 5.69 Å². The third-order valence-electron chi connectivity index (χ3n) is 3.74. The molecule has 1 amide bonds. The minimum absolute atomic E-state index is 0.163. The average Bonchev–Trinajstić information content (AvgIpc) is 2.71. The Morgan fingerprint density at radius 3 is 2.21 bits per heavy atom. The molecule has 0 unspecified atom stereocenters. The van der Waals surface area contributed by atoms with Gasteiger partial charge in [0.1, 0.15) is 5.75 Å². The van der Waals surface area contributed by atoms with E-state index in [9.17, 15) is 9.59 Å². The highest BCUT2D eigenvalue weighted by Gasteiger charge is 2.10. The van der Waals surface area contributed by atoms with E-state index in [1.165, 1.54) is 0 Å². The zero-order valence-corrected chi connectivity index (χ0v) is 17.7. The number of ether oxygens (including phenoxy) is 2. The van der Waals surface area contributed by atoms with E-state index in [1.54, 1.807) is 48.5 Å². The lowest BCUT2D eigenvalue weighted by molar-refractivity contribution is 0.0505. The van der Waals surface area contributed by atoms with E-state index in [-0.39, 0.29) is 17.0 Å². The van der Waals surface area contributed by atoms with Crippen LogP contribution in [0.3, 0.4) is 0 Å². The molecule has 0 aliphatic heterocycles. The zero-order chi connectivity index (χ0) is 21.2. The van der Waals surface area contributed by atoms with Crippen molar-refractivity contribution in [3.05, 3.63) is 59.7 Å². The van der Waals surface area contributed by atoms with Crippen LogP contribution in [0.5, 0.6) is 5.75 Å². The Bertz CT molecular complexity index is 833. The number of carbonyl (C=O) groups excluding carboxylic acids is 2. The van der Waals surface area contributed by atoms with Crippen molar-refractivity contribution in [2.24, 2.45) is 5.92 Å². The van der Waals surface area contributed by atoms with E-state index in [0.29, 0.717) is 41.7 Å². The van der Waals surface area contributed by atoms with E-state index in [4.69, 9.17) is 21.7 Å². The number of hydrogen-bond acceptors (Lipinski definition) is 5. The van der Waals surface area contributed by atoms with Gasteiger partial charge in [0.2, 0.25) is 0 Å². The van der Waals surface area contributed by atoms with Crippen molar-refractivity contribution in [2.75, 3.05) is 18.5 Å². The molecule has 2 aromatic rings. The van der Waals surface area contributed by atoms with E-state index in [2.05, 4.69) is 24.5 Å². The maximum atomic E-state index is 12.3. The lowest BCUT2D eigenvalue weighted by atomic mass is 10.2. The van der Waals surface area contributed by atoms with Crippen LogP contribution in [-0.2, 0) is 4.74 Å². The zero-order valence-electron chi connectivity index (χ0n) is 16.9. The van der Waals surface area contributed by atoms with Gasteiger partial charge in [-0.1, -0.05) is 20.8 Å². The molecule has 0 saturated carbocycles. The van der Waals surface area contributed by atoms with Crippen molar-refractivity contribution in [1.82, 2.24) is 5.32 Å². The SMILES string of the molecule is CCCOC(=O)c1ccc(NC(=S)NC(=O)c2ccc(OCC(C)C)cc2)cc1. The van der Waals surface area contributed by atoms with Gasteiger partial charge in [0.05, 0.1) is 18.8 Å². The monoisotopic (exact) mass is 414 g/mol. The van der Waals surface area contributed by atoms with Gasteiger partial charge < -0.3 is 14.8 Å². The molecule has 0 aliphatic rings. The molecule has 0 aromatic heterocycles. The highest BCUT2D eigenvalue weighted by Crippen LogP contribution is 2.14. The summed E-state index contributed by atoms with van der Waals surface area (Å²) in [6.07, 6.45) is 0.771. The molecule has 0 aliphatic carbocycles. The van der Waals surface area contributed by atoms with Crippen LogP contribution in [0.2, 0.25) is 0 Å². The number of anilines is 1. The number of carbonyl (C=O) groups is 2. The molecule has 0 saturated heterocycles. The van der Waals surface area contributed by atoms with Gasteiger partial charge in [-0.25, -0.2) is 4.79 Å². The lowest BCUT2D eigenvalue weighted by Gasteiger charge is -2.11. The van der Waals surface area contributed by atoms with Crippen molar-refractivity contribution in [3.8, 4) is 5.75 Å². The molecule has 2 rings (SSSR count). The first-order valence-electron chi connectivity index (χ1n) is 9.51. The topological polar surface area (TPSA) is 76.7 Å². The summed E-state index contributed by atoms with van der Waals surface area (Å²) in [5, 5.41) is 5.71. The van der Waals surface area contributed by atoms with Gasteiger partial charge in [-0.2, -0.15) is 0 Å². The first-order valence-corrected chi connectivity index (χ1v) is 9.92. The maximum Gasteiger partial charge on any atom is 0.338 e. The Morgan fingerprint density at radius 1 is 1.00 bits per heavy atom. The Hall–Kier alpha value is -2.93. The predicted octanol–water partition coefficient (Wildman–Crippen LogP) is 4.42. The first kappa shape index (κ1) is 22.4. The molecule has 0 spiro atoms. The van der Waals surface area contributed by atoms with Gasteiger partial charge in [-0.15, -0.1) is 0 Å². The molecule has 2 aromatic carbocycles. The smallest absolute Gasteiger partial charge is 0.338 e. The van der Waals surface area contributed by atoms with Crippen LogP contribution in [-0.4, -0.2) is 30.2 Å². The van der Waals surface area contributed by atoms with E-state index >= 15 is 0 Å². The number of amides is 1. The fourth-order valence-electron chi connectivity index (χ4n) is 2.27. The second-order valence-electron chi connectivity index (χ2n) is 6.85. The van der Waals surface area contributed by atoms with Crippen molar-refractivity contribution < 1.29 is 19.1 Å². The Kier molecular flexibility index (Phi) is 8.61. The van der Waals surface area contributed by atoms with Gasteiger partial charge >= 0.3 is 5.97 Å². The third-order valence-corrected chi connectivity index (χ3v) is 3.95. The molecular formula is C22H26N2O4S. The summed E-state index contributed by atoms with van der Waals surface area (Å²) in [6.45, 7) is 7.09. The summed E-state index contributed by atoms with van der Waals surface area (Å²) in [5.74, 6) is 0.457. The minimum Gasteiger partial charge on any atom is -0.493 e. The van der Waals surface area contributed by atoms with Gasteiger partial charge in [-0.3, -0.25) is 10.1 Å². The normalized spacial score (nSPS) is 10.3. The molecule has 7 heteroatoms. The fourth-order valence-corrected chi connectivity index (χ4v) is 2.48. The Morgan fingerprint density at radius 2 is 1.62 bits per heavy atom. The quantitative estimate of drug-likeness (QED) is 0.492. The molecule has 0 atom stereocenters. The molecule has 6 nitrogen and oxygen atoms in total. The highest BCUT2D eigenvalue weighted by molar-refractivity contribution is 7.80. The van der Waals surface area contributed by atoms with E-state index in [0.717, 1.165) is 6.42 Å². The summed E-state index contributed by atoms with van der Waals surface area (Å²) in [4.78, 5) is 24.1. The average molecular weight is 415 g/mol. The second kappa shape index (κ2) is 11.2. The second-order valence-corrected chi connectivity index (χ2v) is 7.26. The fraction of sp³-hybridized carbons (Fsp3) is 0.318. The molecule has 0 fully saturated rings. The van der Waals surface area contributed by atoms with Crippen LogP contribution in [0.15, 0.2) is 48.5 Å². The van der Waals surface area contributed by atoms with Gasteiger partial charge in [0, 0.05) is 11.3 Å². The number of benzene rings is 2. The van der Waals surface area contributed by atoms with E-state index < -0.39 is 0 Å². The first-order chi connectivity index (χ1) is 13.9. The van der Waals surface area contributed by atoms with Crippen LogP contribution >= 0.6 is 12.2 Å². The number of hydrogen-bond donors (Lipinski definition) is 2. The van der Waals surface area contributed by atoms with Crippen LogP contribution < -0.4 is 15.4 Å². The highest BCUT2D eigenvalue weighted by atomic mass is 32.1. The molecule has 2 N–H and O–H groups in total. The Balaban J connectivity index is 1.86. The summed E-state index contributed by atoms with van der Waals surface area (Å²) < 4.78 is 10.7. The summed E-state index contributed by atoms with van der Waals surface area (Å²) in [7, 11) is 0. The van der Waals surface area contributed by atoms with Crippen molar-refractivity contribution in [3.63, 3.8) is 0 Å². The number of nitrogens with one attached hydrogen (secondary N) is 2. The van der Waals surface area contributed by atoms with Gasteiger partial charge in [0.15, 0.2) is 5.11 Å². The van der Waals surface area contributed by atoms with Crippen LogP contribution in [0.1, 0.15) is 47.9 Å². The van der Waals surface area contributed by atoms with Crippen molar-refractivity contribution in [2.45, 2.75) is 27.2 Å². The molecule has 0 heterocycles. The molecule has 0 radical (unpaired) electrons. The summed E-state index contributed by atoms with van der Waals surface area (Å²) >= 11 is 5.19. The standard InChI is InChI=1S/C22H26N2O4S/c1-4-13-27-21(26)17-5-9-18(10-6-17)23-22(29)24-20(25)16-7-11-19(12-8-16)28-14-15(2)3/h5-12,15H,4,13-14H2,1-3H3,(H2,23,24,25,29). The van der Waals surface area contributed by atoms with Crippen LogP contribution in [0, 0.1) is 5.92 Å². The summed E-state index contributed by atoms with van der Waals surface area (Å²) in [5.41, 5.74) is 1.58. The van der Waals surface area contributed by atoms with Gasteiger partial charge in [0.25, 0.3) is 5.91 Å². The molecule has 154 valence electrons. The molecular weight excluding hydrogens is 388 g/mol. The lowest BCUT2D eigenvalue weighted by Crippen LogP contribution is -2.34. The predicted molar refractivity (Wildman–Crippen MR) is 117 cm³/mol. The van der Waals surface area contributed by atoms with E-state index in [1.807, 2.05) is 6.92 Å².